The van der Waals surface area contributed by atoms with Gasteiger partial charge in [0, 0.05) is 11.3 Å². The van der Waals surface area contributed by atoms with E-state index in [1.165, 1.54) is 41.3 Å². The van der Waals surface area contributed by atoms with Crippen LogP contribution in [0.3, 0.4) is 0 Å². The number of carbonyl (C=O) groups is 2. The third-order valence-corrected chi connectivity index (χ3v) is 6.52. The molecule has 1 amide bonds. The van der Waals surface area contributed by atoms with E-state index in [1.54, 1.807) is 49.4 Å². The van der Waals surface area contributed by atoms with Gasteiger partial charge in [-0.3, -0.25) is 14.5 Å². The number of hydrogen-bond donors (Lipinski definition) is 1. The highest BCUT2D eigenvalue weighted by Gasteiger charge is 2.47. The predicted octanol–water partition coefficient (Wildman–Crippen LogP) is 7.30. The molecule has 1 unspecified atom stereocenters. The van der Waals surface area contributed by atoms with Gasteiger partial charge in [0.2, 0.25) is 0 Å². The maximum atomic E-state index is 13.7. The van der Waals surface area contributed by atoms with Gasteiger partial charge in [-0.15, -0.1) is 0 Å². The van der Waals surface area contributed by atoms with Crippen molar-refractivity contribution in [1.29, 1.82) is 0 Å². The number of rotatable bonds is 7. The van der Waals surface area contributed by atoms with Gasteiger partial charge in [-0.1, -0.05) is 41.9 Å². The minimum Gasteiger partial charge on any atom is -0.507 e. The molecule has 196 valence electrons. The first-order valence-corrected chi connectivity index (χ1v) is 12.6. The van der Waals surface area contributed by atoms with Gasteiger partial charge in [-0.25, -0.2) is 4.39 Å². The lowest BCUT2D eigenvalue weighted by molar-refractivity contribution is -0.132. The molecule has 1 N–H and O–H groups in total. The Morgan fingerprint density at radius 2 is 1.64 bits per heavy atom. The molecular weight excluding hydrogens is 521 g/mol. The largest absolute Gasteiger partial charge is 0.507 e. The van der Waals surface area contributed by atoms with Crippen LogP contribution in [0.5, 0.6) is 17.2 Å². The summed E-state index contributed by atoms with van der Waals surface area (Å²) in [7, 11) is 0. The zero-order valence-electron chi connectivity index (χ0n) is 20.8. The second kappa shape index (κ2) is 11.0. The number of benzene rings is 4. The molecule has 8 heteroatoms. The molecule has 0 aliphatic carbocycles. The zero-order chi connectivity index (χ0) is 27.5. The normalized spacial score (nSPS) is 16.4. The Morgan fingerprint density at radius 1 is 0.923 bits per heavy atom. The van der Waals surface area contributed by atoms with Crippen molar-refractivity contribution in [3.63, 3.8) is 0 Å². The number of Topliss-reactive ketones (excluding diaryl/α,β-unsaturated/α-hetero) is 1. The second-order valence-corrected chi connectivity index (χ2v) is 9.12. The molecule has 39 heavy (non-hydrogen) atoms. The van der Waals surface area contributed by atoms with Crippen molar-refractivity contribution in [3.8, 4) is 17.2 Å². The summed E-state index contributed by atoms with van der Waals surface area (Å²) in [4.78, 5) is 28.1. The Hall–Kier alpha value is -4.62. The Kier molecular flexibility index (Phi) is 7.34. The molecular formula is C31H23ClFNO5. The number of anilines is 1. The van der Waals surface area contributed by atoms with Crippen molar-refractivity contribution in [2.75, 3.05) is 11.5 Å². The van der Waals surface area contributed by atoms with E-state index in [1.807, 2.05) is 18.2 Å². The van der Waals surface area contributed by atoms with Gasteiger partial charge in [-0.05, 0) is 79.2 Å². The van der Waals surface area contributed by atoms with Gasteiger partial charge < -0.3 is 14.6 Å². The van der Waals surface area contributed by atoms with Gasteiger partial charge in [0.15, 0.2) is 0 Å². The van der Waals surface area contributed by atoms with E-state index in [4.69, 9.17) is 21.1 Å². The van der Waals surface area contributed by atoms with Crippen molar-refractivity contribution in [3.05, 3.63) is 125 Å². The molecule has 4 aromatic carbocycles. The molecule has 0 saturated carbocycles. The highest BCUT2D eigenvalue weighted by Crippen LogP contribution is 2.43. The SMILES string of the molecule is CCOc1cc(/C(O)=C2/C(=O)C(=O)N(c3ccc(F)cc3)C2c2cccc(Oc3ccccc3)c2)ccc1Cl. The lowest BCUT2D eigenvalue weighted by Crippen LogP contribution is -2.29. The molecule has 0 spiro atoms. The molecule has 5 rings (SSSR count). The number of aliphatic hydroxyl groups excluding tert-OH is 1. The zero-order valence-corrected chi connectivity index (χ0v) is 21.6. The fourth-order valence-corrected chi connectivity index (χ4v) is 4.63. The maximum Gasteiger partial charge on any atom is 0.300 e. The highest BCUT2D eigenvalue weighted by atomic mass is 35.5. The molecule has 0 bridgehead atoms. The van der Waals surface area contributed by atoms with E-state index in [2.05, 4.69) is 0 Å². The average molecular weight is 544 g/mol. The summed E-state index contributed by atoms with van der Waals surface area (Å²) in [6.07, 6.45) is 0. The minimum absolute atomic E-state index is 0.133. The Labute approximate surface area is 229 Å². The Bertz CT molecular complexity index is 1570. The van der Waals surface area contributed by atoms with E-state index >= 15 is 0 Å². The van der Waals surface area contributed by atoms with Gasteiger partial charge >= 0.3 is 0 Å². The molecule has 1 heterocycles. The number of amides is 1. The summed E-state index contributed by atoms with van der Waals surface area (Å²) in [6, 6.07) is 24.8. The molecule has 4 aromatic rings. The number of carbonyl (C=O) groups excluding carboxylic acids is 2. The molecule has 1 fully saturated rings. The highest BCUT2D eigenvalue weighted by molar-refractivity contribution is 6.51. The lowest BCUT2D eigenvalue weighted by atomic mass is 9.95. The van der Waals surface area contributed by atoms with Crippen LogP contribution in [-0.2, 0) is 9.59 Å². The van der Waals surface area contributed by atoms with Crippen LogP contribution in [0.1, 0.15) is 24.1 Å². The fraction of sp³-hybridized carbons (Fsp3) is 0.0968. The van der Waals surface area contributed by atoms with Crippen LogP contribution in [-0.4, -0.2) is 23.4 Å². The number of para-hydroxylation sites is 1. The first kappa shape index (κ1) is 26.0. The predicted molar refractivity (Wildman–Crippen MR) is 147 cm³/mol. The Morgan fingerprint density at radius 3 is 2.36 bits per heavy atom. The van der Waals surface area contributed by atoms with Crippen molar-refractivity contribution < 1.29 is 28.6 Å². The van der Waals surface area contributed by atoms with Crippen molar-refractivity contribution >= 4 is 34.7 Å². The number of aliphatic hydroxyl groups is 1. The van der Waals surface area contributed by atoms with Crippen LogP contribution >= 0.6 is 11.6 Å². The van der Waals surface area contributed by atoms with E-state index in [9.17, 15) is 19.1 Å². The first-order chi connectivity index (χ1) is 18.9. The summed E-state index contributed by atoms with van der Waals surface area (Å²) in [5.74, 6) is -1.23. The van der Waals surface area contributed by atoms with Crippen molar-refractivity contribution in [2.24, 2.45) is 0 Å². The summed E-state index contributed by atoms with van der Waals surface area (Å²) in [5.41, 5.74) is 0.920. The van der Waals surface area contributed by atoms with E-state index in [0.29, 0.717) is 40.1 Å². The van der Waals surface area contributed by atoms with Gasteiger partial charge in [0.05, 0.1) is 23.2 Å². The smallest absolute Gasteiger partial charge is 0.300 e. The van der Waals surface area contributed by atoms with E-state index in [-0.39, 0.29) is 11.1 Å². The molecule has 0 aromatic heterocycles. The summed E-state index contributed by atoms with van der Waals surface area (Å²) < 4.78 is 25.2. The first-order valence-electron chi connectivity index (χ1n) is 12.2. The third-order valence-electron chi connectivity index (χ3n) is 6.21. The van der Waals surface area contributed by atoms with Crippen molar-refractivity contribution in [1.82, 2.24) is 0 Å². The van der Waals surface area contributed by atoms with Crippen molar-refractivity contribution in [2.45, 2.75) is 13.0 Å². The molecule has 1 saturated heterocycles. The maximum absolute atomic E-state index is 13.7. The monoisotopic (exact) mass is 543 g/mol. The number of ether oxygens (including phenoxy) is 2. The lowest BCUT2D eigenvalue weighted by Gasteiger charge is -2.26. The molecule has 1 atom stereocenters. The van der Waals surface area contributed by atoms with Crippen LogP contribution < -0.4 is 14.4 Å². The Balaban J connectivity index is 1.67. The van der Waals surface area contributed by atoms with Crippen LogP contribution in [0, 0.1) is 5.82 Å². The number of ketones is 1. The second-order valence-electron chi connectivity index (χ2n) is 8.71. The standard InChI is InChI=1S/C31H23ClFNO5/c1-2-38-26-18-20(11-16-25(26)32)29(35)27-28(34(31(37)30(27)36)22-14-12-21(33)13-15-22)19-7-6-10-24(17-19)39-23-8-4-3-5-9-23/h3-18,28,35H,2H2,1H3/b29-27-. The van der Waals surface area contributed by atoms with E-state index < -0.39 is 29.3 Å². The quantitative estimate of drug-likeness (QED) is 0.150. The number of nitrogens with zero attached hydrogens (tertiary/aromatic N) is 1. The average Bonchev–Trinajstić information content (AvgIpc) is 3.21. The topological polar surface area (TPSA) is 76.1 Å². The van der Waals surface area contributed by atoms with Crippen LogP contribution in [0.25, 0.3) is 5.76 Å². The fourth-order valence-electron chi connectivity index (χ4n) is 4.46. The minimum atomic E-state index is -1.03. The van der Waals surface area contributed by atoms with Gasteiger partial charge in [0.25, 0.3) is 11.7 Å². The van der Waals surface area contributed by atoms with Crippen LogP contribution in [0.4, 0.5) is 10.1 Å². The number of halogens is 2. The third kappa shape index (κ3) is 5.22. The number of hydrogen-bond acceptors (Lipinski definition) is 5. The summed E-state index contributed by atoms with van der Waals surface area (Å²) in [6.45, 7) is 2.13. The van der Waals surface area contributed by atoms with Crippen LogP contribution in [0.15, 0.2) is 103 Å². The van der Waals surface area contributed by atoms with Gasteiger partial charge in [-0.2, -0.15) is 0 Å². The summed E-state index contributed by atoms with van der Waals surface area (Å²) >= 11 is 6.22. The summed E-state index contributed by atoms with van der Waals surface area (Å²) in [5, 5.41) is 11.8. The van der Waals surface area contributed by atoms with Crippen LogP contribution in [0.2, 0.25) is 5.02 Å². The molecule has 1 aliphatic heterocycles. The van der Waals surface area contributed by atoms with E-state index in [0.717, 1.165) is 0 Å². The molecule has 6 nitrogen and oxygen atoms in total. The molecule has 0 radical (unpaired) electrons. The molecule has 1 aliphatic rings. The van der Waals surface area contributed by atoms with Gasteiger partial charge in [0.1, 0.15) is 28.8 Å².